The quantitative estimate of drug-likeness (QED) is 0.660. The minimum absolute atomic E-state index is 0.0324. The van der Waals surface area contributed by atoms with Gasteiger partial charge in [0.1, 0.15) is 0 Å². The van der Waals surface area contributed by atoms with E-state index < -0.39 is 0 Å². The van der Waals surface area contributed by atoms with Crippen molar-refractivity contribution < 1.29 is 9.90 Å². The molecule has 0 spiro atoms. The molecule has 1 amide bonds. The maximum Gasteiger partial charge on any atom is 0.222 e. The number of likely N-dealkylation sites (N-methyl/N-ethyl adjacent to an activating group) is 1. The predicted octanol–water partition coefficient (Wildman–Crippen LogP) is 1.32. The van der Waals surface area contributed by atoms with Gasteiger partial charge >= 0.3 is 0 Å². The first kappa shape index (κ1) is 21.2. The van der Waals surface area contributed by atoms with Crippen molar-refractivity contribution in [3.05, 3.63) is 64.7 Å². The van der Waals surface area contributed by atoms with Crippen LogP contribution in [0, 0.1) is 0 Å². The summed E-state index contributed by atoms with van der Waals surface area (Å²) in [4.78, 5) is 12.3. The Morgan fingerprint density at radius 3 is 2.88 bits per heavy atom. The van der Waals surface area contributed by atoms with Crippen molar-refractivity contribution in [2.45, 2.75) is 50.4 Å². The van der Waals surface area contributed by atoms with Crippen LogP contribution in [0.1, 0.15) is 37.8 Å². The number of hydrazine groups is 1. The Morgan fingerprint density at radius 1 is 1.28 bits per heavy atom. The second-order valence-electron chi connectivity index (χ2n) is 9.19. The second kappa shape index (κ2) is 8.35. The Bertz CT molecular complexity index is 1040. The van der Waals surface area contributed by atoms with Gasteiger partial charge in [-0.1, -0.05) is 24.3 Å². The number of carbonyl (C=O) groups excluding carboxylic acids is 1. The summed E-state index contributed by atoms with van der Waals surface area (Å²) in [5, 5.41) is 25.4. The molecule has 0 saturated carbocycles. The van der Waals surface area contributed by atoms with Crippen molar-refractivity contribution in [1.82, 2.24) is 30.4 Å². The van der Waals surface area contributed by atoms with Crippen molar-refractivity contribution in [3.63, 3.8) is 0 Å². The summed E-state index contributed by atoms with van der Waals surface area (Å²) in [7, 11) is 4.02. The first-order valence-corrected chi connectivity index (χ1v) is 11.4. The number of aromatic nitrogens is 2. The molecule has 1 saturated heterocycles. The van der Waals surface area contributed by atoms with Crippen LogP contribution in [-0.2, 0) is 11.8 Å². The van der Waals surface area contributed by atoms with Crippen LogP contribution in [0.4, 0.5) is 0 Å². The van der Waals surface area contributed by atoms with Crippen LogP contribution in [-0.4, -0.2) is 69.1 Å². The number of hydrogen-bond donors (Lipinski definition) is 3. The number of aryl methyl sites for hydroxylation is 1. The van der Waals surface area contributed by atoms with Crippen molar-refractivity contribution in [3.8, 4) is 0 Å². The van der Waals surface area contributed by atoms with E-state index in [1.807, 2.05) is 17.9 Å². The zero-order chi connectivity index (χ0) is 22.4. The maximum atomic E-state index is 12.3. The monoisotopic (exact) mass is 436 g/mol. The molecule has 3 unspecified atom stereocenters. The molecule has 4 atom stereocenters. The van der Waals surface area contributed by atoms with Gasteiger partial charge in [-0.25, -0.2) is 5.01 Å². The fourth-order valence-electron chi connectivity index (χ4n) is 5.59. The molecule has 0 aromatic carbocycles. The van der Waals surface area contributed by atoms with Crippen LogP contribution >= 0.6 is 0 Å². The van der Waals surface area contributed by atoms with Crippen molar-refractivity contribution in [2.24, 2.45) is 7.05 Å². The first-order valence-electron chi connectivity index (χ1n) is 11.4. The maximum absolute atomic E-state index is 12.3. The van der Waals surface area contributed by atoms with E-state index in [0.717, 1.165) is 18.4 Å². The molecule has 32 heavy (non-hydrogen) atoms. The highest BCUT2D eigenvalue weighted by molar-refractivity contribution is 5.78. The number of allylic oxidation sites excluding steroid dienone is 3. The van der Waals surface area contributed by atoms with Crippen LogP contribution in [0.3, 0.4) is 0 Å². The molecule has 1 fully saturated rings. The lowest BCUT2D eigenvalue weighted by Gasteiger charge is -2.33. The van der Waals surface area contributed by atoms with Gasteiger partial charge in [-0.05, 0) is 36.5 Å². The normalized spacial score (nSPS) is 30.5. The lowest BCUT2D eigenvalue weighted by atomic mass is 9.82. The topological polar surface area (TPSA) is 85.7 Å². The molecular formula is C24H32N6O2. The summed E-state index contributed by atoms with van der Waals surface area (Å²) in [6.45, 7) is 2.76. The molecule has 1 aromatic heterocycles. The number of aliphatic hydroxyl groups excluding tert-OH is 1. The molecule has 5 rings (SSSR count). The summed E-state index contributed by atoms with van der Waals surface area (Å²) in [6, 6.07) is 0.228. The van der Waals surface area contributed by atoms with Crippen LogP contribution < -0.4 is 10.6 Å². The number of nitrogens with one attached hydrogen (secondary N) is 2. The fraction of sp³-hybridized carbons (Fsp3) is 0.500. The van der Waals surface area contributed by atoms with E-state index in [4.69, 9.17) is 0 Å². The number of carbonyl (C=O) groups is 1. The molecule has 8 heteroatoms. The minimum atomic E-state index is -0.0324. The predicted molar refractivity (Wildman–Crippen MR) is 122 cm³/mol. The summed E-state index contributed by atoms with van der Waals surface area (Å²) < 4.78 is 1.84. The largest absolute Gasteiger partial charge is 0.394 e. The Kier molecular flexibility index (Phi) is 5.53. The standard InChI is InChI=1S/C24H32N6O2/c1-15-11-22(32)27-20-6-4-5-18(23(20)26-15)16-7-8-21-19(12-16)24(17-13-25-28(2)14-17)29(3)30(21)9-10-31/h4-6,12-15,20,23-24,26,31H,7-11H2,1-3H3,(H,27,32)/t15-,20?,23?,24?/m1/s1. The zero-order valence-corrected chi connectivity index (χ0v) is 19.0. The smallest absolute Gasteiger partial charge is 0.222 e. The van der Waals surface area contributed by atoms with E-state index in [0.29, 0.717) is 13.0 Å². The van der Waals surface area contributed by atoms with Gasteiger partial charge in [0.2, 0.25) is 5.91 Å². The third-order valence-corrected chi connectivity index (χ3v) is 6.95. The number of rotatable bonds is 4. The number of amides is 1. The summed E-state index contributed by atoms with van der Waals surface area (Å²) in [5.41, 5.74) is 6.26. The van der Waals surface area contributed by atoms with Gasteiger partial charge in [0.05, 0.1) is 37.5 Å². The van der Waals surface area contributed by atoms with E-state index in [-0.39, 0.29) is 36.7 Å². The van der Waals surface area contributed by atoms with Crippen LogP contribution in [0.5, 0.6) is 0 Å². The SMILES string of the molecule is C[C@@H]1CC(=O)NC2C=CC=C(C3=CC4=C(CC3)N(CCO)N(C)C4c3cnn(C)c3)C2N1. The molecule has 3 N–H and O–H groups in total. The van der Waals surface area contributed by atoms with E-state index >= 15 is 0 Å². The van der Waals surface area contributed by atoms with Crippen LogP contribution in [0.2, 0.25) is 0 Å². The van der Waals surface area contributed by atoms with Crippen molar-refractivity contribution in [1.29, 1.82) is 0 Å². The highest BCUT2D eigenvalue weighted by Gasteiger charge is 2.40. The molecule has 4 aliphatic rings. The third-order valence-electron chi connectivity index (χ3n) is 6.95. The van der Waals surface area contributed by atoms with Gasteiger partial charge < -0.3 is 20.7 Å². The van der Waals surface area contributed by atoms with E-state index in [2.05, 4.69) is 70.2 Å². The van der Waals surface area contributed by atoms with Gasteiger partial charge in [0.15, 0.2) is 0 Å². The summed E-state index contributed by atoms with van der Waals surface area (Å²) in [5.74, 6) is 0.0970. The molecule has 2 aliphatic heterocycles. The highest BCUT2D eigenvalue weighted by atomic mass is 16.3. The van der Waals surface area contributed by atoms with Crippen LogP contribution in [0.25, 0.3) is 0 Å². The number of β-amino-alcohol motifs (C(OH)–C–C–N with tert-alkyl or cyclic N) is 1. The number of nitrogens with zero attached hydrogens (tertiary/aromatic N) is 4. The summed E-state index contributed by atoms with van der Waals surface area (Å²) in [6.07, 6.45) is 15.0. The second-order valence-corrected chi connectivity index (χ2v) is 9.19. The summed E-state index contributed by atoms with van der Waals surface area (Å²) >= 11 is 0. The first-order chi connectivity index (χ1) is 15.5. The Labute approximate surface area is 188 Å². The van der Waals surface area contributed by atoms with E-state index in [1.165, 1.54) is 22.4 Å². The minimum Gasteiger partial charge on any atom is -0.394 e. The van der Waals surface area contributed by atoms with Gasteiger partial charge in [-0.3, -0.25) is 9.48 Å². The highest BCUT2D eigenvalue weighted by Crippen LogP contribution is 2.45. The number of fused-ring (bicyclic) bond motifs is 1. The molecule has 1 aromatic rings. The van der Waals surface area contributed by atoms with Crippen molar-refractivity contribution in [2.75, 3.05) is 20.2 Å². The lowest BCUT2D eigenvalue weighted by Crippen LogP contribution is -2.49. The zero-order valence-electron chi connectivity index (χ0n) is 19.0. The Balaban J connectivity index is 1.53. The average Bonchev–Trinajstić information content (AvgIpc) is 3.24. The molecule has 2 aliphatic carbocycles. The molecule has 3 heterocycles. The van der Waals surface area contributed by atoms with E-state index in [9.17, 15) is 9.90 Å². The fourth-order valence-corrected chi connectivity index (χ4v) is 5.59. The van der Waals surface area contributed by atoms with Gasteiger partial charge in [-0.2, -0.15) is 5.10 Å². The molecule has 0 radical (unpaired) electrons. The molecular weight excluding hydrogens is 404 g/mol. The number of hydrogen-bond acceptors (Lipinski definition) is 6. The third kappa shape index (κ3) is 3.62. The lowest BCUT2D eigenvalue weighted by molar-refractivity contribution is -0.121. The van der Waals surface area contributed by atoms with Crippen molar-refractivity contribution >= 4 is 5.91 Å². The average molecular weight is 437 g/mol. The van der Waals surface area contributed by atoms with Gasteiger partial charge in [0.25, 0.3) is 0 Å². The Morgan fingerprint density at radius 2 is 2.12 bits per heavy atom. The van der Waals surface area contributed by atoms with Gasteiger partial charge in [0, 0.05) is 44.0 Å². The van der Waals surface area contributed by atoms with E-state index in [1.54, 1.807) is 0 Å². The van der Waals surface area contributed by atoms with Gasteiger partial charge in [-0.15, -0.1) is 0 Å². The Hall–Kier alpha value is -2.68. The molecule has 0 bridgehead atoms. The van der Waals surface area contributed by atoms with Crippen LogP contribution in [0.15, 0.2) is 59.1 Å². The number of aliphatic hydroxyl groups is 1. The molecule has 170 valence electrons. The molecule has 8 nitrogen and oxygen atoms in total.